The van der Waals surface area contributed by atoms with Crippen LogP contribution in [0.1, 0.15) is 24.0 Å². The molecule has 21 heavy (non-hydrogen) atoms. The number of fused-ring (bicyclic) bond motifs is 1. The molecule has 2 atom stereocenters. The van der Waals surface area contributed by atoms with Crippen LogP contribution >= 0.6 is 12.2 Å². The van der Waals surface area contributed by atoms with Crippen LogP contribution in [0.25, 0.3) is 0 Å². The van der Waals surface area contributed by atoms with Crippen LogP contribution in [0.5, 0.6) is 0 Å². The zero-order valence-electron chi connectivity index (χ0n) is 11.6. The van der Waals surface area contributed by atoms with Gasteiger partial charge in [0.15, 0.2) is 0 Å². The van der Waals surface area contributed by atoms with Gasteiger partial charge >= 0.3 is 0 Å². The largest absolute Gasteiger partial charge is 0.389 e. The van der Waals surface area contributed by atoms with Gasteiger partial charge in [-0.05, 0) is 43.1 Å². The molecule has 0 bridgehead atoms. The van der Waals surface area contributed by atoms with Gasteiger partial charge in [-0.2, -0.15) is 0 Å². The number of hydrogen-bond acceptors (Lipinski definition) is 3. The molecule has 1 aromatic rings. The van der Waals surface area contributed by atoms with Crippen molar-refractivity contribution >= 4 is 23.1 Å². The Morgan fingerprint density at radius 1 is 1.48 bits per heavy atom. The number of carbonyl (C=O) groups is 1. The van der Waals surface area contributed by atoms with E-state index in [4.69, 9.17) is 18.0 Å². The Labute approximate surface area is 128 Å². The third-order valence-corrected chi connectivity index (χ3v) is 4.58. The van der Waals surface area contributed by atoms with Crippen LogP contribution in [0, 0.1) is 11.7 Å². The molecule has 4 nitrogen and oxygen atoms in total. The molecular formula is C15H18FN3OS. The summed E-state index contributed by atoms with van der Waals surface area (Å²) in [4.78, 5) is 14.2. The van der Waals surface area contributed by atoms with Crippen molar-refractivity contribution in [3.63, 3.8) is 0 Å². The number of likely N-dealkylation sites (tertiary alicyclic amines) is 1. The standard InChI is InChI=1S/C15H18FN3OS/c16-11-5-9(4-10(6-11)14(17)21)8-19-3-1-2-12-13(19)7-18-15(12)20/h4-6,12-13H,1-3,7-8H2,(H2,17,21)(H,18,20). The number of nitrogens with zero attached hydrogens (tertiary/aromatic N) is 1. The predicted octanol–water partition coefficient (Wildman–Crippen LogP) is 1.17. The Kier molecular flexibility index (Phi) is 3.91. The lowest BCUT2D eigenvalue weighted by atomic mass is 9.91. The van der Waals surface area contributed by atoms with E-state index >= 15 is 0 Å². The zero-order valence-corrected chi connectivity index (χ0v) is 12.5. The van der Waals surface area contributed by atoms with Gasteiger partial charge in [-0.15, -0.1) is 0 Å². The van der Waals surface area contributed by atoms with E-state index < -0.39 is 0 Å². The van der Waals surface area contributed by atoms with Gasteiger partial charge in [0.1, 0.15) is 10.8 Å². The van der Waals surface area contributed by atoms with Crippen LogP contribution in [-0.4, -0.2) is 34.9 Å². The maximum Gasteiger partial charge on any atom is 0.224 e. The van der Waals surface area contributed by atoms with Gasteiger partial charge in [-0.25, -0.2) is 4.39 Å². The Morgan fingerprint density at radius 2 is 2.29 bits per heavy atom. The number of nitrogens with two attached hydrogens (primary N) is 1. The monoisotopic (exact) mass is 307 g/mol. The second kappa shape index (κ2) is 5.69. The number of carbonyl (C=O) groups excluding carboxylic acids is 1. The predicted molar refractivity (Wildman–Crippen MR) is 82.2 cm³/mol. The van der Waals surface area contributed by atoms with E-state index in [0.29, 0.717) is 18.7 Å². The summed E-state index contributed by atoms with van der Waals surface area (Å²) in [6.45, 7) is 2.22. The van der Waals surface area contributed by atoms with Crippen molar-refractivity contribution in [3.8, 4) is 0 Å². The van der Waals surface area contributed by atoms with E-state index in [9.17, 15) is 9.18 Å². The molecule has 2 saturated heterocycles. The molecule has 0 aliphatic carbocycles. The van der Waals surface area contributed by atoms with Crippen molar-refractivity contribution in [2.75, 3.05) is 13.1 Å². The number of benzene rings is 1. The molecule has 2 unspecified atom stereocenters. The fourth-order valence-corrected chi connectivity index (χ4v) is 3.47. The van der Waals surface area contributed by atoms with Crippen molar-refractivity contribution in [2.45, 2.75) is 25.4 Å². The van der Waals surface area contributed by atoms with E-state index in [1.165, 1.54) is 12.1 Å². The molecule has 6 heteroatoms. The molecular weight excluding hydrogens is 289 g/mol. The van der Waals surface area contributed by atoms with Crippen molar-refractivity contribution < 1.29 is 9.18 Å². The first-order chi connectivity index (χ1) is 10.0. The van der Waals surface area contributed by atoms with Crippen LogP contribution in [0.3, 0.4) is 0 Å². The lowest BCUT2D eigenvalue weighted by Gasteiger charge is -2.35. The Morgan fingerprint density at radius 3 is 3.05 bits per heavy atom. The third kappa shape index (κ3) is 2.91. The van der Waals surface area contributed by atoms with Gasteiger partial charge in [0.2, 0.25) is 5.91 Å². The summed E-state index contributed by atoms with van der Waals surface area (Å²) in [5.41, 5.74) is 6.98. The molecule has 0 aromatic heterocycles. The van der Waals surface area contributed by atoms with E-state index in [-0.39, 0.29) is 28.7 Å². The maximum absolute atomic E-state index is 13.7. The van der Waals surface area contributed by atoms with E-state index in [0.717, 1.165) is 24.9 Å². The minimum absolute atomic E-state index is 0.0716. The Bertz CT molecular complexity index is 592. The van der Waals surface area contributed by atoms with E-state index in [1.807, 2.05) is 6.07 Å². The SMILES string of the molecule is NC(=S)c1cc(F)cc(CN2CCCC3C(=O)NCC32)c1. The summed E-state index contributed by atoms with van der Waals surface area (Å²) in [7, 11) is 0. The molecule has 3 N–H and O–H groups in total. The highest BCUT2D eigenvalue weighted by Crippen LogP contribution is 2.28. The molecule has 1 aromatic carbocycles. The second-order valence-corrected chi connectivity index (χ2v) is 6.18. The smallest absolute Gasteiger partial charge is 0.224 e. The maximum atomic E-state index is 13.7. The van der Waals surface area contributed by atoms with E-state index in [2.05, 4.69) is 10.2 Å². The highest BCUT2D eigenvalue weighted by molar-refractivity contribution is 7.80. The van der Waals surface area contributed by atoms with Crippen molar-refractivity contribution in [1.82, 2.24) is 10.2 Å². The number of thiocarbonyl (C=S) groups is 1. The summed E-state index contributed by atoms with van der Waals surface area (Å²) in [6.07, 6.45) is 1.93. The molecule has 2 fully saturated rings. The molecule has 0 saturated carbocycles. The fraction of sp³-hybridized carbons (Fsp3) is 0.467. The first-order valence-electron chi connectivity index (χ1n) is 7.15. The fourth-order valence-electron chi connectivity index (χ4n) is 3.36. The molecule has 112 valence electrons. The van der Waals surface area contributed by atoms with Gasteiger partial charge in [0, 0.05) is 24.7 Å². The van der Waals surface area contributed by atoms with Crippen LogP contribution in [0.15, 0.2) is 18.2 Å². The Hall–Kier alpha value is -1.53. The van der Waals surface area contributed by atoms with Gasteiger partial charge in [0.25, 0.3) is 0 Å². The summed E-state index contributed by atoms with van der Waals surface area (Å²) >= 11 is 4.92. The number of amides is 1. The van der Waals surface area contributed by atoms with Crippen molar-refractivity contribution in [2.24, 2.45) is 11.7 Å². The summed E-state index contributed by atoms with van der Waals surface area (Å²) < 4.78 is 13.7. The molecule has 3 rings (SSSR count). The normalized spacial score (nSPS) is 25.5. The summed E-state index contributed by atoms with van der Waals surface area (Å²) in [5.74, 6) is -0.111. The number of hydrogen-bond donors (Lipinski definition) is 2. The average Bonchev–Trinajstić information content (AvgIpc) is 2.81. The lowest BCUT2D eigenvalue weighted by Crippen LogP contribution is -2.44. The van der Waals surface area contributed by atoms with Gasteiger partial charge in [-0.1, -0.05) is 12.2 Å². The topological polar surface area (TPSA) is 58.4 Å². The molecule has 0 radical (unpaired) electrons. The molecule has 2 aliphatic heterocycles. The molecule has 1 amide bonds. The molecule has 2 heterocycles. The zero-order chi connectivity index (χ0) is 15.0. The van der Waals surface area contributed by atoms with Gasteiger partial charge in [0.05, 0.1) is 5.92 Å². The first-order valence-corrected chi connectivity index (χ1v) is 7.56. The van der Waals surface area contributed by atoms with Gasteiger partial charge < -0.3 is 11.1 Å². The van der Waals surface area contributed by atoms with Crippen LogP contribution < -0.4 is 11.1 Å². The molecule has 0 spiro atoms. The van der Waals surface area contributed by atoms with Crippen LogP contribution in [0.2, 0.25) is 0 Å². The number of piperidine rings is 1. The molecule has 2 aliphatic rings. The van der Waals surface area contributed by atoms with Gasteiger partial charge in [-0.3, -0.25) is 9.69 Å². The highest BCUT2D eigenvalue weighted by atomic mass is 32.1. The van der Waals surface area contributed by atoms with Crippen LogP contribution in [-0.2, 0) is 11.3 Å². The highest BCUT2D eigenvalue weighted by Gasteiger charge is 2.40. The average molecular weight is 307 g/mol. The minimum Gasteiger partial charge on any atom is -0.389 e. The number of halogens is 1. The third-order valence-electron chi connectivity index (χ3n) is 4.34. The van der Waals surface area contributed by atoms with E-state index in [1.54, 1.807) is 0 Å². The summed E-state index contributed by atoms with van der Waals surface area (Å²) in [6, 6.07) is 4.91. The first kappa shape index (κ1) is 14.4. The summed E-state index contributed by atoms with van der Waals surface area (Å²) in [5, 5.41) is 2.92. The Balaban J connectivity index is 1.80. The second-order valence-electron chi connectivity index (χ2n) is 5.74. The van der Waals surface area contributed by atoms with Crippen molar-refractivity contribution in [3.05, 3.63) is 35.1 Å². The lowest BCUT2D eigenvalue weighted by molar-refractivity contribution is -0.124. The number of rotatable bonds is 3. The van der Waals surface area contributed by atoms with Crippen LogP contribution in [0.4, 0.5) is 4.39 Å². The van der Waals surface area contributed by atoms with Crippen molar-refractivity contribution in [1.29, 1.82) is 0 Å². The minimum atomic E-state index is -0.329. The number of nitrogens with one attached hydrogen (secondary N) is 1. The quantitative estimate of drug-likeness (QED) is 0.823.